The van der Waals surface area contributed by atoms with Crippen LogP contribution in [0.4, 0.5) is 0 Å². The number of cyclic esters (lactones) is 6. The predicted octanol–water partition coefficient (Wildman–Crippen LogP) is 22.9. The Hall–Kier alpha value is -4.70. The van der Waals surface area contributed by atoms with Crippen LogP contribution in [0.25, 0.3) is 0 Å². The molecule has 42 unspecified atom stereocenters. The zero-order chi connectivity index (χ0) is 89.8. The molecule has 1 N–H and O–H groups in total. The zero-order valence-electron chi connectivity index (χ0n) is 80.8. The van der Waals surface area contributed by atoms with E-state index in [1.165, 1.54) is 116 Å². The predicted molar refractivity (Wildman–Crippen MR) is 479 cm³/mol. The fourth-order valence-corrected chi connectivity index (χ4v) is 37.3. The average Bonchev–Trinajstić information content (AvgIpc) is 1.50. The first-order valence-electron chi connectivity index (χ1n) is 53.1. The highest BCUT2D eigenvalue weighted by Gasteiger charge is 2.72. The number of aliphatic carboxylic acids is 1. The van der Waals surface area contributed by atoms with E-state index in [1.807, 2.05) is 0 Å². The Morgan fingerprint density at radius 1 is 0.349 bits per heavy atom. The minimum Gasteiger partial charge on any atom is -0.481 e. The lowest BCUT2D eigenvalue weighted by atomic mass is 9.62. The van der Waals surface area contributed by atoms with Crippen LogP contribution in [0.15, 0.2) is 0 Å². The minimum atomic E-state index is -0.568. The molecule has 0 amide bonds. The Balaban J connectivity index is 0.000000105. The van der Waals surface area contributed by atoms with E-state index in [0.717, 1.165) is 192 Å². The fourth-order valence-electron chi connectivity index (χ4n) is 37.3. The molecule has 3 heterocycles. The Morgan fingerprint density at radius 3 is 1.07 bits per heavy atom. The largest absolute Gasteiger partial charge is 0.481 e. The lowest BCUT2D eigenvalue weighted by molar-refractivity contribution is -0.175. The number of carbonyl (C=O) groups excluding carboxylic acids is 9. The second-order valence-electron chi connectivity index (χ2n) is 49.2. The molecule has 17 nitrogen and oxygen atoms in total. The van der Waals surface area contributed by atoms with Gasteiger partial charge in [0.1, 0.15) is 16.8 Å². The van der Waals surface area contributed by atoms with Crippen molar-refractivity contribution in [3.63, 3.8) is 0 Å². The van der Waals surface area contributed by atoms with Crippen LogP contribution >= 0.6 is 0 Å². The van der Waals surface area contributed by atoms with Gasteiger partial charge in [0.25, 0.3) is 0 Å². The van der Waals surface area contributed by atoms with Crippen molar-refractivity contribution in [1.82, 2.24) is 0 Å². The molecule has 0 aromatic heterocycles. The molecule has 42 atom stereocenters. The van der Waals surface area contributed by atoms with Crippen molar-refractivity contribution in [2.24, 2.45) is 241 Å². The SMILES string of the molecule is CC1C2CC(C(=O)O)C(C2)C1C.CC1C2CC(C1C)C1(CC(=O)OC1=O)C2.CC1C2CC(C1C)C1(CC(=O)OC1=O)C2.CCC1(OC(=O)C2CC3CC2C(C)C3C)CC2CCC1C2.CCC1(OC(=O)C2CC3CC2C(C)C3C)CCCC1.CCCC1CC(C)C2C3CC(C(=O)OC4(CC)CCCC4)C(C3)C12.CCCC1CC(C)C2C3CC(C12)C1(CC(=O)OC1=O)C3. The Labute approximate surface area is 756 Å². The number of hydrogen-bond acceptors (Lipinski definition) is 16. The van der Waals surface area contributed by atoms with E-state index >= 15 is 0 Å². The van der Waals surface area contributed by atoms with Crippen LogP contribution in [-0.2, 0) is 76.4 Å². The highest BCUT2D eigenvalue weighted by atomic mass is 16.6. The first-order chi connectivity index (χ1) is 59.9. The monoisotopic (exact) mass is 1750 g/mol. The quantitative estimate of drug-likeness (QED) is 0.0964. The number of hydrogen-bond donors (Lipinski definition) is 1. The minimum absolute atomic E-state index is 0.0267. The summed E-state index contributed by atoms with van der Waals surface area (Å²) in [5, 5.41) is 8.94. The van der Waals surface area contributed by atoms with Gasteiger partial charge in [0.15, 0.2) is 0 Å². The van der Waals surface area contributed by atoms with Crippen LogP contribution in [-0.4, -0.2) is 81.6 Å². The van der Waals surface area contributed by atoms with Gasteiger partial charge in [0, 0.05) is 0 Å². The molecule has 126 heavy (non-hydrogen) atoms. The maximum absolute atomic E-state index is 13.1. The second-order valence-corrected chi connectivity index (χ2v) is 49.2. The number of ether oxygens (including phenoxy) is 6. The van der Waals surface area contributed by atoms with Crippen LogP contribution in [0.5, 0.6) is 0 Å². The van der Waals surface area contributed by atoms with Gasteiger partial charge in [0.2, 0.25) is 0 Å². The maximum Gasteiger partial charge on any atom is 0.320 e. The normalized spacial score (nSPS) is 50.2. The van der Waals surface area contributed by atoms with E-state index in [0.29, 0.717) is 138 Å². The molecule has 0 aromatic carbocycles. The zero-order valence-corrected chi connectivity index (χ0v) is 80.8. The van der Waals surface area contributed by atoms with Crippen molar-refractivity contribution in [1.29, 1.82) is 0 Å². The first kappa shape index (κ1) is 93.1. The molecule has 17 heteroatoms. The highest BCUT2D eigenvalue weighted by molar-refractivity contribution is 5.99. The average molecular weight is 1750 g/mol. The molecule has 0 radical (unpaired) electrons. The summed E-state index contributed by atoms with van der Waals surface area (Å²) in [5.74, 6) is 22.5. The maximum atomic E-state index is 13.1. The molecule has 3 saturated heterocycles. The van der Waals surface area contributed by atoms with E-state index < -0.39 is 22.2 Å². The van der Waals surface area contributed by atoms with Crippen molar-refractivity contribution in [3.05, 3.63) is 0 Å². The molecular weight excluding hydrogens is 1580 g/mol. The van der Waals surface area contributed by atoms with Gasteiger partial charge in [-0.3, -0.25) is 47.9 Å². The molecule has 0 aromatic rings. The lowest BCUT2D eigenvalue weighted by Crippen LogP contribution is -2.43. The van der Waals surface area contributed by atoms with Gasteiger partial charge < -0.3 is 33.5 Å². The molecule has 704 valence electrons. The molecule has 3 aliphatic heterocycles. The van der Waals surface area contributed by atoms with Gasteiger partial charge in [-0.15, -0.1) is 0 Å². The number of carboxylic acids is 1. The van der Waals surface area contributed by atoms with Gasteiger partial charge in [-0.05, 0) is 400 Å². The summed E-state index contributed by atoms with van der Waals surface area (Å²) in [6.07, 6.45) is 41.7. The van der Waals surface area contributed by atoms with Crippen LogP contribution in [0.1, 0.15) is 362 Å². The third-order valence-corrected chi connectivity index (χ3v) is 44.7. The molecule has 23 fully saturated rings. The van der Waals surface area contributed by atoms with Gasteiger partial charge in [0.05, 0.1) is 59.2 Å². The standard InChI is InChI=1S/C22H36O2.C19H30O2.C17H24O3.C17H28O2.2C12H16O3.C10H16O2/c1-4-8-15-11-14(3)19-16-12-17(20(15)19)18(13-16)21(23)24-22(5-2)9-6-7-10-22;1-4-19(10-13-5-6-15(19)7-13)21-18(20)17-9-14-8-16(17)12(3)11(14)2;1-3-4-10-5-9(2)14-11-6-12(15(10)14)17(7-11)8-13(18)20-16(17)19;1-4-17(7-5-6-8-17)19-16(18)15-10-13-9-14(15)12(3)11(13)2;2*1-6-7(2)9-3-8(6)4-12(9)5-10(13)15-11(12)14;1-5-6(2)8-3-7(5)4-9(8)10(11)12/h14-20H,4-13H2,1-3H3;11-17H,4-10H2,1-3H3;9-12,14-15H,3-8H2,1-2H3;11-15H,4-10H2,1-3H3;2*6-9H,3-5H2,1-2H3;5-9H,3-4H2,1-2H3,(H,11,12). The highest BCUT2D eigenvalue weighted by Crippen LogP contribution is 2.73. The molecular formula is C109H166O17. The van der Waals surface area contributed by atoms with Crippen molar-refractivity contribution in [2.75, 3.05) is 0 Å². The molecule has 16 bridgehead atoms. The van der Waals surface area contributed by atoms with E-state index in [-0.39, 0.29) is 94.2 Å². The third-order valence-electron chi connectivity index (χ3n) is 44.7. The summed E-state index contributed by atoms with van der Waals surface area (Å²) in [6, 6.07) is 0. The third kappa shape index (κ3) is 15.8. The summed E-state index contributed by atoms with van der Waals surface area (Å²) in [6.45, 7) is 38.9. The number of carboxylic acid groups (broad SMARTS) is 1. The van der Waals surface area contributed by atoms with Crippen molar-refractivity contribution < 1.29 is 81.5 Å². The molecule has 23 rings (SSSR count). The van der Waals surface area contributed by atoms with Gasteiger partial charge in [-0.25, -0.2) is 0 Å². The second kappa shape index (κ2) is 35.6. The van der Waals surface area contributed by atoms with E-state index in [1.54, 1.807) is 0 Å². The fraction of sp³-hybridized carbons (Fsp3) is 0.908. The van der Waals surface area contributed by atoms with Crippen LogP contribution in [0.3, 0.4) is 0 Å². The van der Waals surface area contributed by atoms with E-state index in [9.17, 15) is 47.9 Å². The number of rotatable bonds is 14. The first-order valence-corrected chi connectivity index (χ1v) is 53.1. The Bertz CT molecular complexity index is 4000. The number of esters is 9. The lowest BCUT2D eigenvalue weighted by Gasteiger charge is -2.39. The number of carbonyl (C=O) groups is 10. The topological polar surface area (TPSA) is 246 Å². The van der Waals surface area contributed by atoms with Crippen LogP contribution < -0.4 is 0 Å². The van der Waals surface area contributed by atoms with Gasteiger partial charge in [-0.1, -0.05) is 143 Å². The molecule has 3 spiro atoms. The van der Waals surface area contributed by atoms with Crippen molar-refractivity contribution >= 4 is 59.7 Å². The number of fused-ring (bicyclic) bond motifs is 25. The molecule has 23 aliphatic rings. The van der Waals surface area contributed by atoms with Gasteiger partial charge >= 0.3 is 59.7 Å². The van der Waals surface area contributed by atoms with E-state index in [4.69, 9.17) is 33.5 Å². The van der Waals surface area contributed by atoms with Crippen LogP contribution in [0, 0.1) is 241 Å². The summed E-state index contributed by atoms with van der Waals surface area (Å²) in [5.41, 5.74) is -1.56. The Kier molecular flexibility index (Phi) is 26.3. The summed E-state index contributed by atoms with van der Waals surface area (Å²) < 4.78 is 33.0. The Morgan fingerprint density at radius 2 is 0.714 bits per heavy atom. The smallest absolute Gasteiger partial charge is 0.320 e. The molecule has 20 aliphatic carbocycles. The summed E-state index contributed by atoms with van der Waals surface area (Å²) in [7, 11) is 0. The van der Waals surface area contributed by atoms with Crippen LogP contribution in [0.2, 0.25) is 0 Å². The molecule has 20 saturated carbocycles. The van der Waals surface area contributed by atoms with Gasteiger partial charge in [-0.2, -0.15) is 0 Å². The van der Waals surface area contributed by atoms with Crippen molar-refractivity contribution in [3.8, 4) is 0 Å². The van der Waals surface area contributed by atoms with Crippen molar-refractivity contribution in [2.45, 2.75) is 378 Å². The van der Waals surface area contributed by atoms with E-state index in [2.05, 4.69) is 118 Å². The summed E-state index contributed by atoms with van der Waals surface area (Å²) >= 11 is 0. The summed E-state index contributed by atoms with van der Waals surface area (Å²) in [4.78, 5) is 119.